The van der Waals surface area contributed by atoms with Gasteiger partial charge in [-0.2, -0.15) is 0 Å². The third-order valence-corrected chi connectivity index (χ3v) is 7.06. The van der Waals surface area contributed by atoms with E-state index in [4.69, 9.17) is 0 Å². The molecule has 3 nitrogen and oxygen atoms in total. The van der Waals surface area contributed by atoms with E-state index in [0.29, 0.717) is 11.8 Å². The molecule has 2 aliphatic carbocycles. The van der Waals surface area contributed by atoms with Crippen LogP contribution in [0.1, 0.15) is 58.3 Å². The van der Waals surface area contributed by atoms with Gasteiger partial charge in [-0.3, -0.25) is 0 Å². The van der Waals surface area contributed by atoms with Crippen LogP contribution in [-0.2, 0) is 9.84 Å². The molecule has 0 radical (unpaired) electrons. The molecule has 2 rings (SSSR count). The SMILES string of the molecule is CCC1CCC(O)C(C2CCCC(S(C)(=O)=O)C2)C1. The molecule has 2 fully saturated rings. The Bertz CT molecular complexity index is 390. The van der Waals surface area contributed by atoms with Crippen LogP contribution in [0.2, 0.25) is 0 Å². The van der Waals surface area contributed by atoms with Gasteiger partial charge in [0.25, 0.3) is 0 Å². The van der Waals surface area contributed by atoms with Gasteiger partial charge in [0.05, 0.1) is 11.4 Å². The Balaban J connectivity index is 2.03. The van der Waals surface area contributed by atoms with Gasteiger partial charge in [0.1, 0.15) is 9.84 Å². The zero-order chi connectivity index (χ0) is 14.0. The van der Waals surface area contributed by atoms with Crippen LogP contribution in [0, 0.1) is 17.8 Å². The molecule has 4 heteroatoms. The summed E-state index contributed by atoms with van der Waals surface area (Å²) in [6.45, 7) is 2.22. The van der Waals surface area contributed by atoms with E-state index < -0.39 is 9.84 Å². The molecule has 19 heavy (non-hydrogen) atoms. The van der Waals surface area contributed by atoms with Gasteiger partial charge in [-0.15, -0.1) is 0 Å². The van der Waals surface area contributed by atoms with E-state index >= 15 is 0 Å². The molecule has 112 valence electrons. The molecule has 2 saturated carbocycles. The van der Waals surface area contributed by atoms with Gasteiger partial charge in [-0.05, 0) is 49.9 Å². The molecule has 0 amide bonds. The molecule has 5 atom stereocenters. The number of hydrogen-bond acceptors (Lipinski definition) is 3. The zero-order valence-corrected chi connectivity index (χ0v) is 13.0. The van der Waals surface area contributed by atoms with Crippen molar-refractivity contribution in [1.82, 2.24) is 0 Å². The molecule has 0 aromatic rings. The van der Waals surface area contributed by atoms with Gasteiger partial charge >= 0.3 is 0 Å². The van der Waals surface area contributed by atoms with E-state index in [1.807, 2.05) is 0 Å². The van der Waals surface area contributed by atoms with E-state index in [1.165, 1.54) is 12.7 Å². The van der Waals surface area contributed by atoms with Crippen molar-refractivity contribution in [2.75, 3.05) is 6.26 Å². The van der Waals surface area contributed by atoms with E-state index in [2.05, 4.69) is 6.92 Å². The van der Waals surface area contributed by atoms with Crippen molar-refractivity contribution < 1.29 is 13.5 Å². The van der Waals surface area contributed by atoms with Crippen molar-refractivity contribution in [1.29, 1.82) is 0 Å². The standard InChI is InChI=1S/C15H28O3S/c1-3-11-7-8-15(16)14(9-11)12-5-4-6-13(10-12)19(2,17)18/h11-16H,3-10H2,1-2H3. The van der Waals surface area contributed by atoms with Crippen LogP contribution in [0.5, 0.6) is 0 Å². The number of aliphatic hydroxyl groups is 1. The number of rotatable bonds is 3. The Morgan fingerprint density at radius 1 is 1.11 bits per heavy atom. The summed E-state index contributed by atoms with van der Waals surface area (Å²) >= 11 is 0. The van der Waals surface area contributed by atoms with Crippen molar-refractivity contribution in [3.63, 3.8) is 0 Å². The van der Waals surface area contributed by atoms with Crippen LogP contribution in [0.3, 0.4) is 0 Å². The van der Waals surface area contributed by atoms with Crippen molar-refractivity contribution in [2.24, 2.45) is 17.8 Å². The smallest absolute Gasteiger partial charge is 0.150 e. The number of hydrogen-bond donors (Lipinski definition) is 1. The predicted molar refractivity (Wildman–Crippen MR) is 77.7 cm³/mol. The molecule has 2 aliphatic rings. The summed E-state index contributed by atoms with van der Waals surface area (Å²) in [5.41, 5.74) is 0. The first kappa shape index (κ1) is 15.3. The highest BCUT2D eigenvalue weighted by Crippen LogP contribution is 2.42. The van der Waals surface area contributed by atoms with Crippen molar-refractivity contribution >= 4 is 9.84 Å². The van der Waals surface area contributed by atoms with Crippen molar-refractivity contribution in [2.45, 2.75) is 69.6 Å². The quantitative estimate of drug-likeness (QED) is 0.869. The lowest BCUT2D eigenvalue weighted by Gasteiger charge is -2.41. The lowest BCUT2D eigenvalue weighted by molar-refractivity contribution is 0.00657. The highest BCUT2D eigenvalue weighted by molar-refractivity contribution is 7.91. The Morgan fingerprint density at radius 2 is 1.84 bits per heavy atom. The fourth-order valence-electron chi connectivity index (χ4n) is 4.12. The molecule has 0 spiro atoms. The van der Waals surface area contributed by atoms with Crippen LogP contribution in [0.4, 0.5) is 0 Å². The second-order valence-corrected chi connectivity index (χ2v) is 9.02. The summed E-state index contributed by atoms with van der Waals surface area (Å²) in [6.07, 6.45) is 9.18. The fraction of sp³-hybridized carbons (Fsp3) is 1.00. The van der Waals surface area contributed by atoms with Gasteiger partial charge in [-0.25, -0.2) is 8.42 Å². The van der Waals surface area contributed by atoms with Gasteiger partial charge < -0.3 is 5.11 Å². The Hall–Kier alpha value is -0.0900. The number of aliphatic hydroxyl groups excluding tert-OH is 1. The first-order valence-electron chi connectivity index (χ1n) is 7.78. The number of sulfone groups is 1. The summed E-state index contributed by atoms with van der Waals surface area (Å²) in [7, 11) is -2.92. The maximum Gasteiger partial charge on any atom is 0.150 e. The largest absolute Gasteiger partial charge is 0.393 e. The van der Waals surface area contributed by atoms with Gasteiger partial charge in [-0.1, -0.05) is 26.2 Å². The molecular weight excluding hydrogens is 260 g/mol. The lowest BCUT2D eigenvalue weighted by atomic mass is 9.68. The Kier molecular flexibility index (Phi) is 4.93. The second kappa shape index (κ2) is 6.13. The van der Waals surface area contributed by atoms with Crippen LogP contribution in [-0.4, -0.2) is 31.1 Å². The van der Waals surface area contributed by atoms with Gasteiger partial charge in [0, 0.05) is 6.26 Å². The van der Waals surface area contributed by atoms with Crippen molar-refractivity contribution in [3.05, 3.63) is 0 Å². The molecule has 0 aromatic carbocycles. The van der Waals surface area contributed by atoms with E-state index in [1.54, 1.807) is 0 Å². The molecule has 0 aromatic heterocycles. The molecule has 1 N–H and O–H groups in total. The van der Waals surface area contributed by atoms with Gasteiger partial charge in [0.15, 0.2) is 0 Å². The molecule has 0 saturated heterocycles. The van der Waals surface area contributed by atoms with E-state index in [9.17, 15) is 13.5 Å². The highest BCUT2D eigenvalue weighted by atomic mass is 32.2. The van der Waals surface area contributed by atoms with Crippen molar-refractivity contribution in [3.8, 4) is 0 Å². The minimum Gasteiger partial charge on any atom is -0.393 e. The lowest BCUT2D eigenvalue weighted by Crippen LogP contribution is -2.39. The molecular formula is C15H28O3S. The minimum absolute atomic E-state index is 0.166. The maximum absolute atomic E-state index is 11.8. The minimum atomic E-state index is -2.92. The summed E-state index contributed by atoms with van der Waals surface area (Å²) in [4.78, 5) is 0. The highest BCUT2D eigenvalue weighted by Gasteiger charge is 2.38. The summed E-state index contributed by atoms with van der Waals surface area (Å²) in [5.74, 6) is 1.48. The molecule has 5 unspecified atom stereocenters. The molecule has 0 aliphatic heterocycles. The first-order valence-corrected chi connectivity index (χ1v) is 9.74. The topological polar surface area (TPSA) is 54.4 Å². The molecule has 0 bridgehead atoms. The van der Waals surface area contributed by atoms with Crippen LogP contribution < -0.4 is 0 Å². The average Bonchev–Trinajstić information content (AvgIpc) is 2.38. The first-order chi connectivity index (χ1) is 8.91. The Labute approximate surface area is 117 Å². The maximum atomic E-state index is 11.8. The fourth-order valence-corrected chi connectivity index (χ4v) is 5.31. The average molecular weight is 288 g/mol. The molecule has 0 heterocycles. The summed E-state index contributed by atoms with van der Waals surface area (Å²) in [5, 5.41) is 10.1. The summed E-state index contributed by atoms with van der Waals surface area (Å²) < 4.78 is 23.5. The van der Waals surface area contributed by atoms with Crippen LogP contribution in [0.25, 0.3) is 0 Å². The predicted octanol–water partition coefficient (Wildman–Crippen LogP) is 2.78. The van der Waals surface area contributed by atoms with Crippen LogP contribution in [0.15, 0.2) is 0 Å². The summed E-state index contributed by atoms with van der Waals surface area (Å²) in [6, 6.07) is 0. The zero-order valence-electron chi connectivity index (χ0n) is 12.2. The van der Waals surface area contributed by atoms with E-state index in [-0.39, 0.29) is 11.4 Å². The van der Waals surface area contributed by atoms with Crippen LogP contribution >= 0.6 is 0 Å². The second-order valence-electron chi connectivity index (χ2n) is 6.70. The Morgan fingerprint density at radius 3 is 2.47 bits per heavy atom. The normalized spacial score (nSPS) is 41.1. The third-order valence-electron chi connectivity index (χ3n) is 5.43. The monoisotopic (exact) mass is 288 g/mol. The van der Waals surface area contributed by atoms with E-state index in [0.717, 1.165) is 50.9 Å². The third kappa shape index (κ3) is 3.72. The van der Waals surface area contributed by atoms with Gasteiger partial charge in [0.2, 0.25) is 0 Å².